The third-order valence-electron chi connectivity index (χ3n) is 1.90. The molecule has 0 saturated heterocycles. The van der Waals surface area contributed by atoms with Crippen molar-refractivity contribution in [3.63, 3.8) is 0 Å². The first-order chi connectivity index (χ1) is 6.90. The SMILES string of the molecule is CCOc1cccc(-n2cccn2)c1. The first-order valence-electron chi connectivity index (χ1n) is 4.63. The molecule has 0 radical (unpaired) electrons. The van der Waals surface area contributed by atoms with Gasteiger partial charge in [0.1, 0.15) is 5.75 Å². The van der Waals surface area contributed by atoms with Crippen molar-refractivity contribution in [2.24, 2.45) is 0 Å². The third-order valence-corrected chi connectivity index (χ3v) is 1.90. The monoisotopic (exact) mass is 188 g/mol. The Balaban J connectivity index is 2.31. The lowest BCUT2D eigenvalue weighted by molar-refractivity contribution is 0.340. The van der Waals surface area contributed by atoms with Crippen molar-refractivity contribution in [2.75, 3.05) is 6.61 Å². The zero-order chi connectivity index (χ0) is 9.80. The lowest BCUT2D eigenvalue weighted by Gasteiger charge is -2.05. The molecule has 3 nitrogen and oxygen atoms in total. The van der Waals surface area contributed by atoms with E-state index >= 15 is 0 Å². The summed E-state index contributed by atoms with van der Waals surface area (Å²) in [5.74, 6) is 0.875. The molecular formula is C11H12N2O. The molecule has 3 heteroatoms. The van der Waals surface area contributed by atoms with Crippen molar-refractivity contribution >= 4 is 0 Å². The number of ether oxygens (including phenoxy) is 1. The molecule has 0 aliphatic carbocycles. The normalized spacial score (nSPS) is 10.1. The maximum atomic E-state index is 5.40. The van der Waals surface area contributed by atoms with Gasteiger partial charge in [0.25, 0.3) is 0 Å². The molecule has 1 aromatic heterocycles. The summed E-state index contributed by atoms with van der Waals surface area (Å²) >= 11 is 0. The van der Waals surface area contributed by atoms with Crippen LogP contribution in [0.25, 0.3) is 5.69 Å². The molecular weight excluding hydrogens is 176 g/mol. The van der Waals surface area contributed by atoms with Crippen molar-refractivity contribution in [1.29, 1.82) is 0 Å². The van der Waals surface area contributed by atoms with Gasteiger partial charge in [-0.15, -0.1) is 0 Å². The molecule has 0 aliphatic rings. The fourth-order valence-electron chi connectivity index (χ4n) is 1.30. The minimum absolute atomic E-state index is 0.683. The zero-order valence-corrected chi connectivity index (χ0v) is 8.05. The average molecular weight is 188 g/mol. The van der Waals surface area contributed by atoms with Crippen LogP contribution in [-0.4, -0.2) is 16.4 Å². The summed E-state index contributed by atoms with van der Waals surface area (Å²) in [6.45, 7) is 2.66. The molecule has 0 amide bonds. The zero-order valence-electron chi connectivity index (χ0n) is 8.05. The van der Waals surface area contributed by atoms with Crippen molar-refractivity contribution < 1.29 is 4.74 Å². The number of aromatic nitrogens is 2. The van der Waals surface area contributed by atoms with Gasteiger partial charge in [-0.2, -0.15) is 5.10 Å². The highest BCUT2D eigenvalue weighted by atomic mass is 16.5. The Kier molecular flexibility index (Phi) is 2.49. The van der Waals surface area contributed by atoms with E-state index in [2.05, 4.69) is 5.10 Å². The summed E-state index contributed by atoms with van der Waals surface area (Å²) in [6, 6.07) is 9.76. The predicted octanol–water partition coefficient (Wildman–Crippen LogP) is 2.27. The van der Waals surface area contributed by atoms with Crippen LogP contribution in [-0.2, 0) is 0 Å². The van der Waals surface area contributed by atoms with Crippen molar-refractivity contribution in [3.8, 4) is 11.4 Å². The van der Waals surface area contributed by atoms with Gasteiger partial charge in [-0.1, -0.05) is 6.07 Å². The highest BCUT2D eigenvalue weighted by molar-refractivity contribution is 5.38. The summed E-state index contributed by atoms with van der Waals surface area (Å²) in [6.07, 6.45) is 3.67. The molecule has 0 atom stereocenters. The molecule has 0 saturated carbocycles. The first kappa shape index (κ1) is 8.81. The van der Waals surface area contributed by atoms with Crippen molar-refractivity contribution in [1.82, 2.24) is 9.78 Å². The van der Waals surface area contributed by atoms with Crippen LogP contribution in [0.3, 0.4) is 0 Å². The summed E-state index contributed by atoms with van der Waals surface area (Å²) in [4.78, 5) is 0. The van der Waals surface area contributed by atoms with E-state index in [1.165, 1.54) is 0 Å². The van der Waals surface area contributed by atoms with Gasteiger partial charge in [-0.05, 0) is 25.1 Å². The Morgan fingerprint density at radius 1 is 1.36 bits per heavy atom. The number of nitrogens with zero attached hydrogens (tertiary/aromatic N) is 2. The van der Waals surface area contributed by atoms with Gasteiger partial charge in [0.05, 0.1) is 12.3 Å². The van der Waals surface area contributed by atoms with Crippen LogP contribution in [0.15, 0.2) is 42.7 Å². The Morgan fingerprint density at radius 3 is 3.00 bits per heavy atom. The minimum atomic E-state index is 0.683. The lowest BCUT2D eigenvalue weighted by atomic mass is 10.3. The second kappa shape index (κ2) is 3.96. The van der Waals surface area contributed by atoms with Crippen LogP contribution in [0.5, 0.6) is 5.75 Å². The van der Waals surface area contributed by atoms with E-state index < -0.39 is 0 Å². The van der Waals surface area contributed by atoms with Crippen LogP contribution in [0.1, 0.15) is 6.92 Å². The molecule has 0 aliphatic heterocycles. The molecule has 72 valence electrons. The van der Waals surface area contributed by atoms with E-state index in [4.69, 9.17) is 4.74 Å². The molecule has 0 N–H and O–H groups in total. The van der Waals surface area contributed by atoms with E-state index in [0.29, 0.717) is 6.61 Å². The molecule has 1 heterocycles. The van der Waals surface area contributed by atoms with E-state index in [1.807, 2.05) is 48.1 Å². The summed E-state index contributed by atoms with van der Waals surface area (Å²) in [7, 11) is 0. The van der Waals surface area contributed by atoms with Gasteiger partial charge in [-0.3, -0.25) is 0 Å². The molecule has 0 fully saturated rings. The minimum Gasteiger partial charge on any atom is -0.494 e. The molecule has 0 spiro atoms. The standard InChI is InChI=1S/C11H12N2O/c1-2-14-11-6-3-5-10(9-11)13-8-4-7-12-13/h3-9H,2H2,1H3. The average Bonchev–Trinajstić information content (AvgIpc) is 2.71. The molecule has 2 rings (SSSR count). The highest BCUT2D eigenvalue weighted by Gasteiger charge is 1.97. The van der Waals surface area contributed by atoms with Gasteiger partial charge in [-0.25, -0.2) is 4.68 Å². The van der Waals surface area contributed by atoms with Crippen LogP contribution in [0.4, 0.5) is 0 Å². The fraction of sp³-hybridized carbons (Fsp3) is 0.182. The smallest absolute Gasteiger partial charge is 0.121 e. The van der Waals surface area contributed by atoms with Gasteiger partial charge >= 0.3 is 0 Å². The quantitative estimate of drug-likeness (QED) is 0.738. The van der Waals surface area contributed by atoms with Gasteiger partial charge < -0.3 is 4.74 Å². The van der Waals surface area contributed by atoms with Gasteiger partial charge in [0, 0.05) is 18.5 Å². The molecule has 2 aromatic rings. The maximum Gasteiger partial charge on any atom is 0.121 e. The largest absolute Gasteiger partial charge is 0.494 e. The number of benzene rings is 1. The highest BCUT2D eigenvalue weighted by Crippen LogP contribution is 2.15. The fourth-order valence-corrected chi connectivity index (χ4v) is 1.30. The van der Waals surface area contributed by atoms with Crippen LogP contribution < -0.4 is 4.74 Å². The summed E-state index contributed by atoms with van der Waals surface area (Å²) < 4.78 is 7.21. The van der Waals surface area contributed by atoms with Crippen LogP contribution in [0.2, 0.25) is 0 Å². The first-order valence-corrected chi connectivity index (χ1v) is 4.63. The number of rotatable bonds is 3. The second-order valence-corrected chi connectivity index (χ2v) is 2.88. The summed E-state index contributed by atoms with van der Waals surface area (Å²) in [5, 5.41) is 4.15. The van der Waals surface area contributed by atoms with Crippen molar-refractivity contribution in [2.45, 2.75) is 6.92 Å². The van der Waals surface area contributed by atoms with E-state index in [0.717, 1.165) is 11.4 Å². The van der Waals surface area contributed by atoms with Gasteiger partial charge in [0.15, 0.2) is 0 Å². The second-order valence-electron chi connectivity index (χ2n) is 2.88. The van der Waals surface area contributed by atoms with Crippen molar-refractivity contribution in [3.05, 3.63) is 42.7 Å². The Bertz CT molecular complexity index is 395. The summed E-state index contributed by atoms with van der Waals surface area (Å²) in [5.41, 5.74) is 1.01. The Labute approximate surface area is 82.9 Å². The van der Waals surface area contributed by atoms with Gasteiger partial charge in [0.2, 0.25) is 0 Å². The maximum absolute atomic E-state index is 5.40. The topological polar surface area (TPSA) is 27.1 Å². The lowest BCUT2D eigenvalue weighted by Crippen LogP contribution is -1.96. The molecule has 0 bridgehead atoms. The Hall–Kier alpha value is -1.77. The predicted molar refractivity (Wildman–Crippen MR) is 54.7 cm³/mol. The molecule has 14 heavy (non-hydrogen) atoms. The van der Waals surface area contributed by atoms with E-state index in [9.17, 15) is 0 Å². The Morgan fingerprint density at radius 2 is 2.29 bits per heavy atom. The molecule has 0 unspecified atom stereocenters. The van der Waals surface area contributed by atoms with Crippen LogP contribution >= 0.6 is 0 Å². The number of hydrogen-bond acceptors (Lipinski definition) is 2. The van der Waals surface area contributed by atoms with Crippen LogP contribution in [0, 0.1) is 0 Å². The van der Waals surface area contributed by atoms with E-state index in [-0.39, 0.29) is 0 Å². The molecule has 1 aromatic carbocycles. The number of hydrogen-bond donors (Lipinski definition) is 0. The van der Waals surface area contributed by atoms with E-state index in [1.54, 1.807) is 6.20 Å². The third kappa shape index (κ3) is 1.76.